The van der Waals surface area contributed by atoms with E-state index < -0.39 is 12.1 Å². The molecule has 0 bridgehead atoms. The Balaban J connectivity index is 1.60. The van der Waals surface area contributed by atoms with E-state index in [2.05, 4.69) is 15.5 Å². The van der Waals surface area contributed by atoms with E-state index in [0.717, 1.165) is 11.3 Å². The average Bonchev–Trinajstić information content (AvgIpc) is 2.99. The molecule has 42 heavy (non-hydrogen) atoms. The molecular weight excluding hydrogens is 536 g/mol. The van der Waals surface area contributed by atoms with Crippen molar-refractivity contribution in [2.45, 2.75) is 32.5 Å². The Kier molecular flexibility index (Phi) is 10.3. The predicted octanol–water partition coefficient (Wildman–Crippen LogP) is 4.70. The standard InChI is InChI=1S/C32H40N4O6/c1-21-17-36(22(2)20-37)31(38)27-7-6-8-28(34-32(39)33-24-11-15-26(41-5)16-12-24)30(27)42-29(21)19-35(3)18-23-9-13-25(40-4)14-10-23/h6-16,21-22,29,37H,17-20H2,1-5H3,(H2,33,34,39)/t21-,22-,29-/m0/s1. The van der Waals surface area contributed by atoms with Gasteiger partial charge >= 0.3 is 6.03 Å². The summed E-state index contributed by atoms with van der Waals surface area (Å²) < 4.78 is 17.1. The lowest BCUT2D eigenvalue weighted by Crippen LogP contribution is -2.49. The van der Waals surface area contributed by atoms with Crippen molar-refractivity contribution in [3.05, 3.63) is 77.9 Å². The smallest absolute Gasteiger partial charge is 0.323 e. The number of likely N-dealkylation sites (N-methyl/N-ethyl adjacent to an activating group) is 1. The van der Waals surface area contributed by atoms with Crippen molar-refractivity contribution in [2.24, 2.45) is 5.92 Å². The van der Waals surface area contributed by atoms with Crippen LogP contribution in [-0.2, 0) is 6.54 Å². The highest BCUT2D eigenvalue weighted by Crippen LogP contribution is 2.35. The molecular formula is C32H40N4O6. The molecule has 1 aliphatic heterocycles. The third kappa shape index (κ3) is 7.51. The fourth-order valence-electron chi connectivity index (χ4n) is 4.93. The number of hydrogen-bond donors (Lipinski definition) is 3. The molecule has 0 fully saturated rings. The SMILES string of the molecule is COc1ccc(CN(C)C[C@@H]2Oc3c(NC(=O)Nc4ccc(OC)cc4)cccc3C(=O)N([C@@H](C)CO)C[C@@H]2C)cc1. The zero-order valence-electron chi connectivity index (χ0n) is 24.8. The van der Waals surface area contributed by atoms with Gasteiger partial charge in [0.2, 0.25) is 0 Å². The van der Waals surface area contributed by atoms with Crippen molar-refractivity contribution in [3.8, 4) is 17.2 Å². The number of benzene rings is 3. The number of fused-ring (bicyclic) bond motifs is 1. The lowest BCUT2D eigenvalue weighted by atomic mass is 9.99. The van der Waals surface area contributed by atoms with Gasteiger partial charge in [-0.3, -0.25) is 9.69 Å². The van der Waals surface area contributed by atoms with Gasteiger partial charge < -0.3 is 34.9 Å². The van der Waals surface area contributed by atoms with Crippen molar-refractivity contribution in [2.75, 3.05) is 51.6 Å². The van der Waals surface area contributed by atoms with Crippen LogP contribution in [0.2, 0.25) is 0 Å². The first-order chi connectivity index (χ1) is 20.2. The van der Waals surface area contributed by atoms with Crippen LogP contribution in [0.25, 0.3) is 0 Å². The Hall–Kier alpha value is -4.28. The van der Waals surface area contributed by atoms with E-state index in [1.807, 2.05) is 45.2 Å². The van der Waals surface area contributed by atoms with E-state index in [0.29, 0.717) is 48.1 Å². The van der Waals surface area contributed by atoms with Gasteiger partial charge in [0.1, 0.15) is 17.6 Å². The number of anilines is 2. The molecule has 3 atom stereocenters. The molecule has 0 saturated carbocycles. The van der Waals surface area contributed by atoms with Crippen LogP contribution >= 0.6 is 0 Å². The first-order valence-electron chi connectivity index (χ1n) is 14.0. The molecule has 4 rings (SSSR count). The Morgan fingerprint density at radius 3 is 2.31 bits per heavy atom. The number of rotatable bonds is 10. The highest BCUT2D eigenvalue weighted by Gasteiger charge is 2.34. The van der Waals surface area contributed by atoms with E-state index in [1.54, 1.807) is 61.6 Å². The summed E-state index contributed by atoms with van der Waals surface area (Å²) >= 11 is 0. The second-order valence-corrected chi connectivity index (χ2v) is 10.7. The molecule has 3 amide bonds. The van der Waals surface area contributed by atoms with Crippen molar-refractivity contribution < 1.29 is 28.9 Å². The molecule has 3 aromatic rings. The van der Waals surface area contributed by atoms with Crippen LogP contribution in [0.1, 0.15) is 29.8 Å². The number of urea groups is 1. The lowest BCUT2D eigenvalue weighted by Gasteiger charge is -2.38. The molecule has 10 nitrogen and oxygen atoms in total. The van der Waals surface area contributed by atoms with Crippen LogP contribution in [-0.4, -0.2) is 80.0 Å². The van der Waals surface area contributed by atoms with Gasteiger partial charge in [-0.1, -0.05) is 25.1 Å². The molecule has 0 radical (unpaired) electrons. The first-order valence-corrected chi connectivity index (χ1v) is 14.0. The summed E-state index contributed by atoms with van der Waals surface area (Å²) in [7, 11) is 5.24. The second kappa shape index (κ2) is 14.1. The third-order valence-corrected chi connectivity index (χ3v) is 7.39. The number of amides is 3. The molecule has 1 heterocycles. The van der Waals surface area contributed by atoms with Gasteiger partial charge in [-0.2, -0.15) is 0 Å². The van der Waals surface area contributed by atoms with Crippen molar-refractivity contribution in [3.63, 3.8) is 0 Å². The van der Waals surface area contributed by atoms with Crippen LogP contribution in [0.4, 0.5) is 16.2 Å². The van der Waals surface area contributed by atoms with Gasteiger partial charge in [0.25, 0.3) is 5.91 Å². The largest absolute Gasteiger partial charge is 0.497 e. The van der Waals surface area contributed by atoms with E-state index in [4.69, 9.17) is 14.2 Å². The molecule has 0 saturated heterocycles. The van der Waals surface area contributed by atoms with E-state index >= 15 is 0 Å². The summed E-state index contributed by atoms with van der Waals surface area (Å²) in [5.74, 6) is 1.44. The Morgan fingerprint density at radius 1 is 1.05 bits per heavy atom. The quantitative estimate of drug-likeness (QED) is 0.321. The predicted molar refractivity (Wildman–Crippen MR) is 163 cm³/mol. The molecule has 1 aliphatic rings. The fraction of sp³-hybridized carbons (Fsp3) is 0.375. The average molecular weight is 577 g/mol. The molecule has 3 N–H and O–H groups in total. The molecule has 0 unspecified atom stereocenters. The molecule has 224 valence electrons. The maximum atomic E-state index is 13.7. The maximum Gasteiger partial charge on any atom is 0.323 e. The minimum absolute atomic E-state index is 0.0735. The number of aliphatic hydroxyl groups excluding tert-OH is 1. The van der Waals surface area contributed by atoms with Gasteiger partial charge in [0.05, 0.1) is 38.1 Å². The molecule has 0 spiro atoms. The molecule has 0 aromatic heterocycles. The molecule has 0 aliphatic carbocycles. The molecule has 10 heteroatoms. The second-order valence-electron chi connectivity index (χ2n) is 10.7. The van der Waals surface area contributed by atoms with Crippen molar-refractivity contribution >= 4 is 23.3 Å². The normalized spacial score (nSPS) is 17.4. The summed E-state index contributed by atoms with van der Waals surface area (Å²) in [6, 6.07) is 19.1. The monoisotopic (exact) mass is 576 g/mol. The number of nitrogens with one attached hydrogen (secondary N) is 2. The van der Waals surface area contributed by atoms with Gasteiger partial charge in [-0.15, -0.1) is 0 Å². The minimum atomic E-state index is -0.478. The number of carbonyl (C=O) groups excluding carboxylic acids is 2. The summed E-state index contributed by atoms with van der Waals surface area (Å²) in [6.45, 7) is 5.35. The zero-order chi connectivity index (χ0) is 30.2. The number of carbonyl (C=O) groups is 2. The van der Waals surface area contributed by atoms with Gasteiger partial charge in [0.15, 0.2) is 5.75 Å². The van der Waals surface area contributed by atoms with Crippen LogP contribution < -0.4 is 24.8 Å². The number of nitrogens with zero attached hydrogens (tertiary/aromatic N) is 2. The van der Waals surface area contributed by atoms with E-state index in [-0.39, 0.29) is 24.5 Å². The number of aliphatic hydroxyl groups is 1. The van der Waals surface area contributed by atoms with Crippen molar-refractivity contribution in [1.29, 1.82) is 0 Å². The first kappa shape index (κ1) is 30.7. The van der Waals surface area contributed by atoms with Crippen LogP contribution in [0.15, 0.2) is 66.7 Å². The van der Waals surface area contributed by atoms with Gasteiger partial charge in [-0.05, 0) is 68.1 Å². The summed E-state index contributed by atoms with van der Waals surface area (Å²) in [5.41, 5.74) is 2.41. The molecule has 3 aromatic carbocycles. The summed E-state index contributed by atoms with van der Waals surface area (Å²) in [6.07, 6.45) is -0.318. The highest BCUT2D eigenvalue weighted by molar-refractivity contribution is 6.04. The maximum absolute atomic E-state index is 13.7. The third-order valence-electron chi connectivity index (χ3n) is 7.39. The minimum Gasteiger partial charge on any atom is -0.497 e. The fourth-order valence-corrected chi connectivity index (χ4v) is 4.93. The Labute approximate surface area is 247 Å². The summed E-state index contributed by atoms with van der Waals surface area (Å²) in [5, 5.41) is 15.6. The van der Waals surface area contributed by atoms with Crippen LogP contribution in [0.5, 0.6) is 17.2 Å². The van der Waals surface area contributed by atoms with Gasteiger partial charge in [0, 0.05) is 31.2 Å². The summed E-state index contributed by atoms with van der Waals surface area (Å²) in [4.78, 5) is 30.6. The van der Waals surface area contributed by atoms with Crippen LogP contribution in [0, 0.1) is 5.92 Å². The number of hydrogen-bond acceptors (Lipinski definition) is 7. The van der Waals surface area contributed by atoms with Crippen LogP contribution in [0.3, 0.4) is 0 Å². The Bertz CT molecular complexity index is 1350. The number of para-hydroxylation sites is 1. The van der Waals surface area contributed by atoms with E-state index in [1.165, 1.54) is 0 Å². The Morgan fingerprint density at radius 2 is 1.69 bits per heavy atom. The highest BCUT2D eigenvalue weighted by atomic mass is 16.5. The van der Waals surface area contributed by atoms with E-state index in [9.17, 15) is 14.7 Å². The lowest BCUT2D eigenvalue weighted by molar-refractivity contribution is 0.0343. The van der Waals surface area contributed by atoms with Crippen molar-refractivity contribution in [1.82, 2.24) is 9.80 Å². The number of methoxy groups -OCH3 is 2. The zero-order valence-corrected chi connectivity index (χ0v) is 24.8. The topological polar surface area (TPSA) is 113 Å². The number of ether oxygens (including phenoxy) is 3. The van der Waals surface area contributed by atoms with Gasteiger partial charge in [-0.25, -0.2) is 4.79 Å².